The summed E-state index contributed by atoms with van der Waals surface area (Å²) in [5.74, 6) is -0.220. The first-order chi connectivity index (χ1) is 14.1. The van der Waals surface area contributed by atoms with Gasteiger partial charge in [0.05, 0.1) is 23.4 Å². The molecule has 3 aromatic carbocycles. The number of methoxy groups -OCH3 is 1. The van der Waals surface area contributed by atoms with E-state index in [1.54, 1.807) is 42.5 Å². The monoisotopic (exact) mass is 408 g/mol. The summed E-state index contributed by atoms with van der Waals surface area (Å²) in [5, 5.41) is 5.97. The second kappa shape index (κ2) is 9.75. The minimum Gasteiger partial charge on any atom is -0.495 e. The highest BCUT2D eigenvalue weighted by atomic mass is 35.5. The molecule has 1 atom stereocenters. The van der Waals surface area contributed by atoms with Crippen molar-refractivity contribution in [2.45, 2.75) is 12.5 Å². The first kappa shape index (κ1) is 20.4. The highest BCUT2D eigenvalue weighted by molar-refractivity contribution is 6.33. The van der Waals surface area contributed by atoms with Gasteiger partial charge >= 0.3 is 0 Å². The summed E-state index contributed by atoms with van der Waals surface area (Å²) in [5.41, 5.74) is 1.77. The van der Waals surface area contributed by atoms with Crippen LogP contribution in [0.1, 0.15) is 15.9 Å². The lowest BCUT2D eigenvalue weighted by Crippen LogP contribution is -2.45. The number of nitrogens with one attached hydrogen (secondary N) is 2. The van der Waals surface area contributed by atoms with Crippen LogP contribution in [-0.4, -0.2) is 25.0 Å². The van der Waals surface area contributed by atoms with Crippen LogP contribution in [0.15, 0.2) is 78.9 Å². The first-order valence-electron chi connectivity index (χ1n) is 9.11. The third-order valence-electron chi connectivity index (χ3n) is 4.39. The third kappa shape index (κ3) is 5.36. The average Bonchev–Trinajstić information content (AvgIpc) is 2.74. The van der Waals surface area contributed by atoms with Gasteiger partial charge in [-0.25, -0.2) is 0 Å². The summed E-state index contributed by atoms with van der Waals surface area (Å²) in [6.45, 7) is 0. The number of benzene rings is 3. The number of carbonyl (C=O) groups is 2. The summed E-state index contributed by atoms with van der Waals surface area (Å²) in [7, 11) is 1.53. The minimum absolute atomic E-state index is 0.317. The van der Waals surface area contributed by atoms with Crippen molar-refractivity contribution in [2.75, 3.05) is 12.4 Å². The molecule has 3 rings (SSSR count). The lowest BCUT2D eigenvalue weighted by molar-refractivity contribution is -0.118. The molecular formula is C23H21ClN2O3. The number of hydrogen-bond acceptors (Lipinski definition) is 3. The number of anilines is 1. The summed E-state index contributed by atoms with van der Waals surface area (Å²) in [4.78, 5) is 25.8. The van der Waals surface area contributed by atoms with E-state index in [1.165, 1.54) is 7.11 Å². The Morgan fingerprint density at radius 2 is 1.59 bits per heavy atom. The van der Waals surface area contributed by atoms with Crippen molar-refractivity contribution < 1.29 is 14.3 Å². The van der Waals surface area contributed by atoms with E-state index in [1.807, 2.05) is 36.4 Å². The highest BCUT2D eigenvalue weighted by Crippen LogP contribution is 2.23. The summed E-state index contributed by atoms with van der Waals surface area (Å²) in [6.07, 6.45) is 0.331. The fourth-order valence-electron chi connectivity index (χ4n) is 2.91. The van der Waals surface area contributed by atoms with Crippen molar-refractivity contribution in [3.05, 3.63) is 95.0 Å². The molecule has 6 heteroatoms. The molecule has 29 heavy (non-hydrogen) atoms. The van der Waals surface area contributed by atoms with Crippen molar-refractivity contribution >= 4 is 29.1 Å². The van der Waals surface area contributed by atoms with Crippen LogP contribution in [0.5, 0.6) is 5.75 Å². The molecule has 0 bridgehead atoms. The van der Waals surface area contributed by atoms with Gasteiger partial charge < -0.3 is 15.4 Å². The van der Waals surface area contributed by atoms with E-state index in [9.17, 15) is 9.59 Å². The molecule has 3 aromatic rings. The molecule has 5 nitrogen and oxygen atoms in total. The van der Waals surface area contributed by atoms with Gasteiger partial charge in [0.15, 0.2) is 0 Å². The molecule has 0 heterocycles. The number of ether oxygens (including phenoxy) is 1. The molecule has 0 aliphatic carbocycles. The van der Waals surface area contributed by atoms with Gasteiger partial charge in [0.1, 0.15) is 11.8 Å². The number of hydrogen-bond donors (Lipinski definition) is 2. The number of amides is 2. The maximum atomic E-state index is 13.0. The van der Waals surface area contributed by atoms with E-state index in [-0.39, 0.29) is 5.91 Å². The Labute approximate surface area is 174 Å². The van der Waals surface area contributed by atoms with E-state index in [4.69, 9.17) is 16.3 Å². The average molecular weight is 409 g/mol. The maximum Gasteiger partial charge on any atom is 0.253 e. The molecule has 0 aliphatic rings. The zero-order valence-corrected chi connectivity index (χ0v) is 16.6. The quantitative estimate of drug-likeness (QED) is 0.611. The molecule has 0 radical (unpaired) electrons. The Balaban J connectivity index is 1.83. The van der Waals surface area contributed by atoms with E-state index in [0.717, 1.165) is 5.56 Å². The number of para-hydroxylation sites is 2. The molecule has 0 aromatic heterocycles. The second-order valence-corrected chi connectivity index (χ2v) is 6.79. The SMILES string of the molecule is COc1ccccc1NC(=O)[C@@H](Cc1ccccc1)NC(=O)c1ccccc1Cl. The standard InChI is InChI=1S/C23H21ClN2O3/c1-29-21-14-8-7-13-19(21)25-23(28)20(15-16-9-3-2-4-10-16)26-22(27)17-11-5-6-12-18(17)24/h2-14,20H,15H2,1H3,(H,25,28)(H,26,27)/t20-/m1/s1. The molecule has 0 saturated heterocycles. The molecule has 0 unspecified atom stereocenters. The Morgan fingerprint density at radius 3 is 2.31 bits per heavy atom. The zero-order valence-electron chi connectivity index (χ0n) is 15.9. The first-order valence-corrected chi connectivity index (χ1v) is 9.49. The van der Waals surface area contributed by atoms with Crippen LogP contribution in [0.4, 0.5) is 5.69 Å². The van der Waals surface area contributed by atoms with E-state index >= 15 is 0 Å². The van der Waals surface area contributed by atoms with Gasteiger partial charge in [0.2, 0.25) is 5.91 Å². The molecule has 0 aliphatic heterocycles. The van der Waals surface area contributed by atoms with Crippen LogP contribution in [0.2, 0.25) is 5.02 Å². The summed E-state index contributed by atoms with van der Waals surface area (Å²) < 4.78 is 5.29. The third-order valence-corrected chi connectivity index (χ3v) is 4.72. The van der Waals surface area contributed by atoms with Gasteiger partial charge in [-0.2, -0.15) is 0 Å². The van der Waals surface area contributed by atoms with Gasteiger partial charge in [-0.05, 0) is 29.8 Å². The highest BCUT2D eigenvalue weighted by Gasteiger charge is 2.23. The number of carbonyl (C=O) groups excluding carboxylic acids is 2. The van der Waals surface area contributed by atoms with Gasteiger partial charge in [-0.15, -0.1) is 0 Å². The van der Waals surface area contributed by atoms with Crippen LogP contribution in [-0.2, 0) is 11.2 Å². The van der Waals surface area contributed by atoms with Gasteiger partial charge in [-0.3, -0.25) is 9.59 Å². The molecular weight excluding hydrogens is 388 g/mol. The van der Waals surface area contributed by atoms with E-state index < -0.39 is 11.9 Å². The Hall–Kier alpha value is -3.31. The van der Waals surface area contributed by atoms with Crippen molar-refractivity contribution in [3.63, 3.8) is 0 Å². The Bertz CT molecular complexity index is 992. The van der Waals surface area contributed by atoms with Crippen molar-refractivity contribution in [3.8, 4) is 5.75 Å². The topological polar surface area (TPSA) is 67.4 Å². The largest absolute Gasteiger partial charge is 0.495 e. The summed E-state index contributed by atoms with van der Waals surface area (Å²) in [6, 6.07) is 22.5. The molecule has 0 fully saturated rings. The van der Waals surface area contributed by atoms with Crippen LogP contribution < -0.4 is 15.4 Å². The molecule has 2 N–H and O–H groups in total. The van der Waals surface area contributed by atoms with Gasteiger partial charge in [-0.1, -0.05) is 66.2 Å². The molecule has 148 valence electrons. The van der Waals surface area contributed by atoms with Crippen LogP contribution in [0.25, 0.3) is 0 Å². The molecule has 2 amide bonds. The summed E-state index contributed by atoms with van der Waals surface area (Å²) >= 11 is 6.13. The molecule has 0 spiro atoms. The van der Waals surface area contributed by atoms with Crippen LogP contribution in [0, 0.1) is 0 Å². The van der Waals surface area contributed by atoms with Gasteiger partial charge in [0.25, 0.3) is 5.91 Å². The van der Waals surface area contributed by atoms with E-state index in [0.29, 0.717) is 28.4 Å². The van der Waals surface area contributed by atoms with Crippen molar-refractivity contribution in [2.24, 2.45) is 0 Å². The molecule has 0 saturated carbocycles. The predicted molar refractivity (Wildman–Crippen MR) is 114 cm³/mol. The van der Waals surface area contributed by atoms with Gasteiger partial charge in [0, 0.05) is 6.42 Å². The van der Waals surface area contributed by atoms with E-state index in [2.05, 4.69) is 10.6 Å². The fraction of sp³-hybridized carbons (Fsp3) is 0.130. The smallest absolute Gasteiger partial charge is 0.253 e. The lowest BCUT2D eigenvalue weighted by Gasteiger charge is -2.20. The Morgan fingerprint density at radius 1 is 0.931 bits per heavy atom. The number of rotatable bonds is 7. The lowest BCUT2D eigenvalue weighted by atomic mass is 10.0. The fourth-order valence-corrected chi connectivity index (χ4v) is 3.13. The predicted octanol–water partition coefficient (Wildman–Crippen LogP) is 4.33. The normalized spacial score (nSPS) is 11.4. The van der Waals surface area contributed by atoms with Crippen LogP contribution >= 0.6 is 11.6 Å². The zero-order chi connectivity index (χ0) is 20.6. The van der Waals surface area contributed by atoms with Crippen molar-refractivity contribution in [1.82, 2.24) is 5.32 Å². The Kier molecular flexibility index (Phi) is 6.87. The van der Waals surface area contributed by atoms with Crippen LogP contribution in [0.3, 0.4) is 0 Å². The number of halogens is 1. The van der Waals surface area contributed by atoms with Crippen molar-refractivity contribution in [1.29, 1.82) is 0 Å². The maximum absolute atomic E-state index is 13.0. The minimum atomic E-state index is -0.800. The second-order valence-electron chi connectivity index (χ2n) is 6.39.